The molecule has 12 aromatic rings. The molecule has 0 saturated heterocycles. The maximum atomic E-state index is 6.52. The molecular weight excluding hydrogens is 685 g/mol. The summed E-state index contributed by atoms with van der Waals surface area (Å²) >= 11 is 0. The Hall–Kier alpha value is -7.56. The fraction of sp³-hybridized carbons (Fsp3) is 0. The second-order valence-corrected chi connectivity index (χ2v) is 14.4. The first-order valence-corrected chi connectivity index (χ1v) is 18.9. The van der Waals surface area contributed by atoms with Crippen molar-refractivity contribution in [2.24, 2.45) is 0 Å². The number of fused-ring (bicyclic) bond motifs is 12. The van der Waals surface area contributed by atoms with Crippen molar-refractivity contribution in [2.75, 3.05) is 0 Å². The molecular formula is C52H30N2O2. The van der Waals surface area contributed by atoms with Gasteiger partial charge in [-0.15, -0.1) is 0 Å². The number of hydrogen-bond acceptors (Lipinski definition) is 4. The van der Waals surface area contributed by atoms with E-state index in [4.69, 9.17) is 18.8 Å². The van der Waals surface area contributed by atoms with Gasteiger partial charge in [0.15, 0.2) is 11.4 Å². The summed E-state index contributed by atoms with van der Waals surface area (Å²) in [5.41, 5.74) is 11.1. The Kier molecular flexibility index (Phi) is 6.60. The number of benzene rings is 9. The van der Waals surface area contributed by atoms with Crippen LogP contribution in [0.4, 0.5) is 0 Å². The van der Waals surface area contributed by atoms with Crippen LogP contribution in [0.1, 0.15) is 0 Å². The van der Waals surface area contributed by atoms with Crippen LogP contribution in [0.5, 0.6) is 0 Å². The number of hydrogen-bond donors (Lipinski definition) is 0. The molecule has 0 fully saturated rings. The smallest absolute Gasteiger partial charge is 0.180 e. The molecule has 0 aliphatic carbocycles. The third-order valence-corrected chi connectivity index (χ3v) is 11.3. The normalized spacial score (nSPS) is 11.9. The minimum absolute atomic E-state index is 0.645. The fourth-order valence-electron chi connectivity index (χ4n) is 8.73. The lowest BCUT2D eigenvalue weighted by molar-refractivity contribution is 0.667. The molecule has 4 nitrogen and oxygen atoms in total. The molecule has 0 aliphatic rings. The van der Waals surface area contributed by atoms with Crippen molar-refractivity contribution in [3.8, 4) is 44.9 Å². The summed E-state index contributed by atoms with van der Waals surface area (Å²) in [6, 6.07) is 63.9. The van der Waals surface area contributed by atoms with E-state index >= 15 is 0 Å². The van der Waals surface area contributed by atoms with E-state index in [1.165, 1.54) is 26.9 Å². The Bertz CT molecular complexity index is 3540. The zero-order chi connectivity index (χ0) is 36.7. The van der Waals surface area contributed by atoms with Crippen LogP contribution in [0.3, 0.4) is 0 Å². The van der Waals surface area contributed by atoms with Crippen LogP contribution < -0.4 is 0 Å². The van der Waals surface area contributed by atoms with Crippen LogP contribution >= 0.6 is 0 Å². The van der Waals surface area contributed by atoms with Gasteiger partial charge in [-0.25, -0.2) is 9.97 Å². The maximum Gasteiger partial charge on any atom is 0.180 e. The van der Waals surface area contributed by atoms with E-state index in [0.717, 1.165) is 82.9 Å². The van der Waals surface area contributed by atoms with E-state index in [-0.39, 0.29) is 0 Å². The molecule has 0 saturated carbocycles. The summed E-state index contributed by atoms with van der Waals surface area (Å²) in [4.78, 5) is 10.6. The monoisotopic (exact) mass is 714 g/mol. The average molecular weight is 715 g/mol. The van der Waals surface area contributed by atoms with Gasteiger partial charge >= 0.3 is 0 Å². The summed E-state index contributed by atoms with van der Waals surface area (Å²) in [5.74, 6) is 0.645. The second-order valence-electron chi connectivity index (χ2n) is 14.4. The van der Waals surface area contributed by atoms with E-state index in [1.807, 2.05) is 48.5 Å². The van der Waals surface area contributed by atoms with Crippen molar-refractivity contribution in [3.05, 3.63) is 182 Å². The van der Waals surface area contributed by atoms with Crippen LogP contribution in [0.25, 0.3) is 121 Å². The largest absolute Gasteiger partial charge is 0.455 e. The lowest BCUT2D eigenvalue weighted by atomic mass is 9.87. The Morgan fingerprint density at radius 2 is 0.875 bits per heavy atom. The van der Waals surface area contributed by atoms with E-state index in [0.29, 0.717) is 11.4 Å². The molecule has 3 aromatic heterocycles. The maximum absolute atomic E-state index is 6.52. The molecule has 0 radical (unpaired) electrons. The standard InChI is InChI=1S/C52H30N2O2/c1-2-14-31(15-3-1)48-51-49(42-23-9-11-27-46(42)56-51)54-52(53-48)34-29-43(47-40-22-7-6-19-37(40)36-18-4-5-20-38(36)44(47)30-34)33-17-12-16-32(28-33)35-24-13-25-41-39-21-8-10-26-45(39)55-50(35)41/h1-30H. The first kappa shape index (κ1) is 30.9. The highest BCUT2D eigenvalue weighted by Crippen LogP contribution is 2.45. The van der Waals surface area contributed by atoms with Gasteiger partial charge in [0.1, 0.15) is 28.0 Å². The Balaban J connectivity index is 1.18. The van der Waals surface area contributed by atoms with Gasteiger partial charge < -0.3 is 8.83 Å². The minimum Gasteiger partial charge on any atom is -0.455 e. The molecule has 0 aliphatic heterocycles. The van der Waals surface area contributed by atoms with Gasteiger partial charge in [0.05, 0.1) is 0 Å². The Morgan fingerprint density at radius 1 is 0.321 bits per heavy atom. The van der Waals surface area contributed by atoms with Crippen molar-refractivity contribution >= 4 is 76.3 Å². The molecule has 260 valence electrons. The first-order valence-electron chi connectivity index (χ1n) is 18.9. The van der Waals surface area contributed by atoms with Crippen LogP contribution in [-0.4, -0.2) is 9.97 Å². The van der Waals surface area contributed by atoms with Crippen molar-refractivity contribution in [3.63, 3.8) is 0 Å². The van der Waals surface area contributed by atoms with Gasteiger partial charge in [0.25, 0.3) is 0 Å². The molecule has 0 spiro atoms. The van der Waals surface area contributed by atoms with Gasteiger partial charge in [0.2, 0.25) is 0 Å². The van der Waals surface area contributed by atoms with Gasteiger partial charge in [-0.1, -0.05) is 146 Å². The SMILES string of the molecule is c1ccc(-c2nc(-c3cc(-c4cccc(-c5cccc6c5oc5ccccc56)c4)c4c5ccccc5c5ccccc5c4c3)nc3c2oc2ccccc23)cc1. The zero-order valence-electron chi connectivity index (χ0n) is 30.0. The van der Waals surface area contributed by atoms with Crippen molar-refractivity contribution in [1.82, 2.24) is 9.97 Å². The Morgan fingerprint density at radius 3 is 1.66 bits per heavy atom. The van der Waals surface area contributed by atoms with E-state index in [9.17, 15) is 0 Å². The number of nitrogens with zero attached hydrogens (tertiary/aromatic N) is 2. The molecule has 3 heterocycles. The van der Waals surface area contributed by atoms with E-state index in [2.05, 4.69) is 133 Å². The number of rotatable bonds is 4. The molecule has 0 amide bonds. The highest BCUT2D eigenvalue weighted by molar-refractivity contribution is 6.29. The van der Waals surface area contributed by atoms with Gasteiger partial charge in [-0.2, -0.15) is 0 Å². The number of aromatic nitrogens is 2. The molecule has 4 heteroatoms. The van der Waals surface area contributed by atoms with E-state index in [1.54, 1.807) is 0 Å². The summed E-state index contributed by atoms with van der Waals surface area (Å²) in [7, 11) is 0. The number of para-hydroxylation sites is 3. The van der Waals surface area contributed by atoms with Crippen LogP contribution in [0.15, 0.2) is 191 Å². The highest BCUT2D eigenvalue weighted by atomic mass is 16.3. The lowest BCUT2D eigenvalue weighted by Gasteiger charge is -2.17. The van der Waals surface area contributed by atoms with Crippen molar-refractivity contribution < 1.29 is 8.83 Å². The summed E-state index contributed by atoms with van der Waals surface area (Å²) < 4.78 is 13.0. The third-order valence-electron chi connectivity index (χ3n) is 11.3. The molecule has 56 heavy (non-hydrogen) atoms. The van der Waals surface area contributed by atoms with Crippen LogP contribution in [-0.2, 0) is 0 Å². The minimum atomic E-state index is 0.645. The van der Waals surface area contributed by atoms with Gasteiger partial charge in [-0.3, -0.25) is 0 Å². The second kappa shape index (κ2) is 12.0. The topological polar surface area (TPSA) is 52.1 Å². The van der Waals surface area contributed by atoms with Crippen molar-refractivity contribution in [1.29, 1.82) is 0 Å². The predicted octanol–water partition coefficient (Wildman–Crippen LogP) is 14.4. The van der Waals surface area contributed by atoms with Crippen LogP contribution in [0.2, 0.25) is 0 Å². The first-order chi connectivity index (χ1) is 27.8. The molecule has 0 unspecified atom stereocenters. The van der Waals surface area contributed by atoms with Gasteiger partial charge in [0, 0.05) is 32.8 Å². The number of furan rings is 2. The fourth-order valence-corrected chi connectivity index (χ4v) is 8.73. The van der Waals surface area contributed by atoms with Crippen LogP contribution in [0, 0.1) is 0 Å². The summed E-state index contributed by atoms with van der Waals surface area (Å²) in [5, 5.41) is 10.4. The van der Waals surface area contributed by atoms with Crippen molar-refractivity contribution in [2.45, 2.75) is 0 Å². The molecule has 12 rings (SSSR count). The summed E-state index contributed by atoms with van der Waals surface area (Å²) in [6.45, 7) is 0. The average Bonchev–Trinajstić information content (AvgIpc) is 3.85. The quantitative estimate of drug-likeness (QED) is 0.170. The molecule has 0 N–H and O–H groups in total. The Labute approximate surface area is 320 Å². The highest BCUT2D eigenvalue weighted by Gasteiger charge is 2.21. The molecule has 0 atom stereocenters. The van der Waals surface area contributed by atoms with Gasteiger partial charge in [-0.05, 0) is 85.4 Å². The molecule has 0 bridgehead atoms. The summed E-state index contributed by atoms with van der Waals surface area (Å²) in [6.07, 6.45) is 0. The zero-order valence-corrected chi connectivity index (χ0v) is 30.0. The third kappa shape index (κ3) is 4.60. The van der Waals surface area contributed by atoms with E-state index < -0.39 is 0 Å². The lowest BCUT2D eigenvalue weighted by Crippen LogP contribution is -1.96. The predicted molar refractivity (Wildman–Crippen MR) is 231 cm³/mol. The molecule has 9 aromatic carbocycles.